The molecule has 0 spiro atoms. The van der Waals surface area contributed by atoms with Gasteiger partial charge < -0.3 is 10.2 Å². The first-order valence-electron chi connectivity index (χ1n) is 5.95. The lowest BCUT2D eigenvalue weighted by Gasteiger charge is -2.22. The smallest absolute Gasteiger partial charge is 0.258 e. The Balaban J connectivity index is 3.02. The molecule has 0 saturated carbocycles. The normalized spacial score (nSPS) is 10.1. The third kappa shape index (κ3) is 4.02. The summed E-state index contributed by atoms with van der Waals surface area (Å²) in [7, 11) is 1.50. The molecule has 4 nitrogen and oxygen atoms in total. The number of benzene rings is 1. The van der Waals surface area contributed by atoms with Crippen molar-refractivity contribution in [3.8, 4) is 0 Å². The lowest BCUT2D eigenvalue weighted by Crippen LogP contribution is -2.40. The molecule has 104 valence electrons. The van der Waals surface area contributed by atoms with Crippen molar-refractivity contribution >= 4 is 27.7 Å². The van der Waals surface area contributed by atoms with Gasteiger partial charge in [-0.15, -0.1) is 0 Å². The minimum atomic E-state index is -0.600. The summed E-state index contributed by atoms with van der Waals surface area (Å²) in [6.45, 7) is 2.21. The van der Waals surface area contributed by atoms with Crippen LogP contribution in [0.5, 0.6) is 0 Å². The van der Waals surface area contributed by atoms with Crippen LogP contribution in [0.25, 0.3) is 0 Å². The van der Waals surface area contributed by atoms with Crippen molar-refractivity contribution < 1.29 is 14.0 Å². The van der Waals surface area contributed by atoms with Crippen LogP contribution in [-0.2, 0) is 4.79 Å². The summed E-state index contributed by atoms with van der Waals surface area (Å²) in [5, 5.41) is 2.45. The number of carbonyl (C=O) groups is 2. The quantitative estimate of drug-likeness (QED) is 0.899. The molecular weight excluding hydrogens is 315 g/mol. The maximum absolute atomic E-state index is 13.7. The van der Waals surface area contributed by atoms with E-state index >= 15 is 0 Å². The molecule has 0 atom stereocenters. The van der Waals surface area contributed by atoms with Gasteiger partial charge in [0.15, 0.2) is 0 Å². The number of nitrogens with one attached hydrogen (secondary N) is 1. The average molecular weight is 331 g/mol. The standard InChI is InChI=1S/C13H16BrFN2O2/c1-3-7-17(8-11(18)16-2)13(19)12-9(14)5-4-6-10(12)15/h4-6H,3,7-8H2,1-2H3,(H,16,18). The Kier molecular flexibility index (Phi) is 5.95. The fraction of sp³-hybridized carbons (Fsp3) is 0.385. The number of carbonyl (C=O) groups excluding carboxylic acids is 2. The number of amides is 2. The largest absolute Gasteiger partial charge is 0.358 e. The zero-order valence-corrected chi connectivity index (χ0v) is 12.5. The second kappa shape index (κ2) is 7.23. The summed E-state index contributed by atoms with van der Waals surface area (Å²) >= 11 is 3.16. The van der Waals surface area contributed by atoms with E-state index < -0.39 is 11.7 Å². The zero-order valence-electron chi connectivity index (χ0n) is 10.9. The number of likely N-dealkylation sites (N-methyl/N-ethyl adjacent to an activating group) is 1. The highest BCUT2D eigenvalue weighted by molar-refractivity contribution is 9.10. The van der Waals surface area contributed by atoms with E-state index in [1.54, 1.807) is 6.07 Å². The van der Waals surface area contributed by atoms with Crippen LogP contribution in [0.4, 0.5) is 4.39 Å². The van der Waals surface area contributed by atoms with Crippen molar-refractivity contribution in [3.63, 3.8) is 0 Å². The molecule has 1 N–H and O–H groups in total. The van der Waals surface area contributed by atoms with Gasteiger partial charge in [0, 0.05) is 18.1 Å². The number of hydrogen-bond acceptors (Lipinski definition) is 2. The van der Waals surface area contributed by atoms with Crippen LogP contribution in [0, 0.1) is 5.82 Å². The molecular formula is C13H16BrFN2O2. The van der Waals surface area contributed by atoms with E-state index in [-0.39, 0.29) is 18.0 Å². The minimum absolute atomic E-state index is 0.0418. The molecule has 0 heterocycles. The first-order valence-corrected chi connectivity index (χ1v) is 6.74. The van der Waals surface area contributed by atoms with E-state index in [0.29, 0.717) is 17.4 Å². The lowest BCUT2D eigenvalue weighted by atomic mass is 10.1. The number of halogens is 2. The summed E-state index contributed by atoms with van der Waals surface area (Å²) in [6.07, 6.45) is 0.689. The molecule has 0 bridgehead atoms. The van der Waals surface area contributed by atoms with E-state index in [4.69, 9.17) is 0 Å². The highest BCUT2D eigenvalue weighted by atomic mass is 79.9. The van der Waals surface area contributed by atoms with E-state index in [9.17, 15) is 14.0 Å². The topological polar surface area (TPSA) is 49.4 Å². The highest BCUT2D eigenvalue weighted by Crippen LogP contribution is 2.21. The molecule has 2 amide bonds. The van der Waals surface area contributed by atoms with Crippen LogP contribution in [0.3, 0.4) is 0 Å². The van der Waals surface area contributed by atoms with E-state index in [2.05, 4.69) is 21.2 Å². The van der Waals surface area contributed by atoms with E-state index in [1.165, 1.54) is 24.1 Å². The number of rotatable bonds is 5. The third-order valence-corrected chi connectivity index (χ3v) is 3.23. The van der Waals surface area contributed by atoms with Gasteiger partial charge >= 0.3 is 0 Å². The molecule has 0 saturated heterocycles. The summed E-state index contributed by atoms with van der Waals surface area (Å²) in [5.74, 6) is -1.37. The molecule has 0 unspecified atom stereocenters. The molecule has 1 rings (SSSR count). The molecule has 0 aromatic heterocycles. The molecule has 0 fully saturated rings. The van der Waals surface area contributed by atoms with Crippen LogP contribution in [-0.4, -0.2) is 36.9 Å². The van der Waals surface area contributed by atoms with Gasteiger partial charge in [0.25, 0.3) is 5.91 Å². The Morgan fingerprint density at radius 1 is 1.42 bits per heavy atom. The molecule has 1 aromatic rings. The zero-order chi connectivity index (χ0) is 14.4. The summed E-state index contributed by atoms with van der Waals surface area (Å²) in [5.41, 5.74) is -0.0418. The molecule has 19 heavy (non-hydrogen) atoms. The van der Waals surface area contributed by atoms with Gasteiger partial charge in [0.1, 0.15) is 5.82 Å². The predicted molar refractivity (Wildman–Crippen MR) is 74.4 cm³/mol. The van der Waals surface area contributed by atoms with Crippen molar-refractivity contribution in [2.24, 2.45) is 0 Å². The lowest BCUT2D eigenvalue weighted by molar-refractivity contribution is -0.121. The van der Waals surface area contributed by atoms with Crippen molar-refractivity contribution in [1.82, 2.24) is 10.2 Å². The third-order valence-electron chi connectivity index (χ3n) is 2.57. The predicted octanol–water partition coefficient (Wildman–Crippen LogP) is 2.19. The Bertz CT molecular complexity index is 459. The van der Waals surface area contributed by atoms with Gasteiger partial charge in [0.2, 0.25) is 5.91 Å². The SMILES string of the molecule is CCCN(CC(=O)NC)C(=O)c1c(F)cccc1Br. The van der Waals surface area contributed by atoms with Crippen molar-refractivity contribution in [2.45, 2.75) is 13.3 Å². The van der Waals surface area contributed by atoms with Crippen molar-refractivity contribution in [2.75, 3.05) is 20.1 Å². The first kappa shape index (κ1) is 15.6. The summed E-state index contributed by atoms with van der Waals surface area (Å²) in [6, 6.07) is 4.33. The molecule has 0 aliphatic carbocycles. The first-order chi connectivity index (χ1) is 9.01. The van der Waals surface area contributed by atoms with Gasteiger partial charge in [-0.05, 0) is 34.5 Å². The highest BCUT2D eigenvalue weighted by Gasteiger charge is 2.22. The second-order valence-corrected chi connectivity index (χ2v) is 4.85. The average Bonchev–Trinajstić information content (AvgIpc) is 2.37. The van der Waals surface area contributed by atoms with Gasteiger partial charge in [-0.1, -0.05) is 13.0 Å². The molecule has 6 heteroatoms. The van der Waals surface area contributed by atoms with Crippen LogP contribution < -0.4 is 5.32 Å². The Labute approximate surface area is 120 Å². The van der Waals surface area contributed by atoms with Crippen LogP contribution in [0.1, 0.15) is 23.7 Å². The van der Waals surface area contributed by atoms with Gasteiger partial charge in [-0.25, -0.2) is 4.39 Å². The monoisotopic (exact) mass is 330 g/mol. The summed E-state index contributed by atoms with van der Waals surface area (Å²) < 4.78 is 14.1. The fourth-order valence-corrected chi connectivity index (χ4v) is 2.15. The van der Waals surface area contributed by atoms with Crippen molar-refractivity contribution in [3.05, 3.63) is 34.1 Å². The van der Waals surface area contributed by atoms with E-state index in [1.807, 2.05) is 6.92 Å². The maximum atomic E-state index is 13.7. The molecule has 0 aliphatic rings. The Hall–Kier alpha value is -1.43. The van der Waals surface area contributed by atoms with Crippen LogP contribution in [0.15, 0.2) is 22.7 Å². The minimum Gasteiger partial charge on any atom is -0.358 e. The molecule has 0 radical (unpaired) electrons. The summed E-state index contributed by atoms with van der Waals surface area (Å²) in [4.78, 5) is 25.0. The Morgan fingerprint density at radius 2 is 2.11 bits per heavy atom. The molecule has 1 aromatic carbocycles. The number of nitrogens with zero attached hydrogens (tertiary/aromatic N) is 1. The van der Waals surface area contributed by atoms with Crippen LogP contribution in [0.2, 0.25) is 0 Å². The van der Waals surface area contributed by atoms with Crippen LogP contribution >= 0.6 is 15.9 Å². The van der Waals surface area contributed by atoms with E-state index in [0.717, 1.165) is 0 Å². The Morgan fingerprint density at radius 3 is 2.63 bits per heavy atom. The number of hydrogen-bond donors (Lipinski definition) is 1. The van der Waals surface area contributed by atoms with Gasteiger partial charge in [-0.2, -0.15) is 0 Å². The van der Waals surface area contributed by atoms with Crippen molar-refractivity contribution in [1.29, 1.82) is 0 Å². The molecule has 0 aliphatic heterocycles. The maximum Gasteiger partial charge on any atom is 0.258 e. The second-order valence-electron chi connectivity index (χ2n) is 4.00. The fourth-order valence-electron chi connectivity index (χ4n) is 1.63. The van der Waals surface area contributed by atoms with Gasteiger partial charge in [-0.3, -0.25) is 9.59 Å². The van der Waals surface area contributed by atoms with Gasteiger partial charge in [0.05, 0.1) is 12.1 Å².